The molecule has 0 aromatic heterocycles. The minimum absolute atomic E-state index is 0.00215. The van der Waals surface area contributed by atoms with Gasteiger partial charge in [-0.05, 0) is 51.7 Å². The first-order chi connectivity index (χ1) is 9.97. The molecule has 2 amide bonds. The highest BCUT2D eigenvalue weighted by Crippen LogP contribution is 2.23. The van der Waals surface area contributed by atoms with Crippen LogP contribution in [0.2, 0.25) is 0 Å². The summed E-state index contributed by atoms with van der Waals surface area (Å²) in [6.07, 6.45) is 4.04. The van der Waals surface area contributed by atoms with E-state index in [4.69, 9.17) is 5.11 Å². The maximum absolute atomic E-state index is 12.5. The zero-order valence-electron chi connectivity index (χ0n) is 13.1. The summed E-state index contributed by atoms with van der Waals surface area (Å²) >= 11 is 0. The minimum atomic E-state index is -0.822. The molecule has 2 saturated heterocycles. The molecule has 0 radical (unpaired) electrons. The molecule has 6 heteroatoms. The molecule has 2 aliphatic rings. The van der Waals surface area contributed by atoms with Crippen molar-refractivity contribution in [3.05, 3.63) is 0 Å². The van der Waals surface area contributed by atoms with Crippen LogP contribution >= 0.6 is 0 Å². The lowest BCUT2D eigenvalue weighted by molar-refractivity contribution is -0.138. The van der Waals surface area contributed by atoms with Gasteiger partial charge in [0.25, 0.3) is 0 Å². The quantitative estimate of drug-likeness (QED) is 0.850. The van der Waals surface area contributed by atoms with E-state index in [1.54, 1.807) is 9.80 Å². The number of likely N-dealkylation sites (tertiary alicyclic amines) is 2. The van der Waals surface area contributed by atoms with E-state index in [2.05, 4.69) is 11.9 Å². The molecule has 0 saturated carbocycles. The van der Waals surface area contributed by atoms with Crippen molar-refractivity contribution >= 4 is 12.0 Å². The standard InChI is InChI=1S/C15H27N3O3/c1-16-8-5-12(6-9-16)11-17(2)15(21)18-7-3-4-13(18)10-14(19)20/h12-13H,3-11H2,1-2H3,(H,19,20). The molecule has 0 bridgehead atoms. The highest BCUT2D eigenvalue weighted by Gasteiger charge is 2.32. The number of carboxylic acid groups (broad SMARTS) is 1. The first kappa shape index (κ1) is 16.1. The smallest absolute Gasteiger partial charge is 0.320 e. The summed E-state index contributed by atoms with van der Waals surface area (Å²) in [6, 6.07) is -0.132. The van der Waals surface area contributed by atoms with Gasteiger partial charge >= 0.3 is 12.0 Å². The number of carboxylic acids is 1. The van der Waals surface area contributed by atoms with Crippen LogP contribution in [0.15, 0.2) is 0 Å². The van der Waals surface area contributed by atoms with Crippen LogP contribution in [0, 0.1) is 5.92 Å². The van der Waals surface area contributed by atoms with E-state index in [-0.39, 0.29) is 18.5 Å². The lowest BCUT2D eigenvalue weighted by Gasteiger charge is -2.34. The van der Waals surface area contributed by atoms with Crippen molar-refractivity contribution in [3.63, 3.8) is 0 Å². The molecule has 1 unspecified atom stereocenters. The van der Waals surface area contributed by atoms with Crippen LogP contribution in [0.5, 0.6) is 0 Å². The van der Waals surface area contributed by atoms with Gasteiger partial charge in [-0.3, -0.25) is 4.79 Å². The van der Waals surface area contributed by atoms with Gasteiger partial charge in [-0.2, -0.15) is 0 Å². The highest BCUT2D eigenvalue weighted by molar-refractivity contribution is 5.76. The van der Waals surface area contributed by atoms with Crippen LogP contribution in [0.25, 0.3) is 0 Å². The molecule has 21 heavy (non-hydrogen) atoms. The van der Waals surface area contributed by atoms with Crippen LogP contribution in [0.4, 0.5) is 4.79 Å². The average molecular weight is 297 g/mol. The normalized spacial score (nSPS) is 24.3. The lowest BCUT2D eigenvalue weighted by Crippen LogP contribution is -2.46. The molecule has 0 aromatic carbocycles. The first-order valence-electron chi connectivity index (χ1n) is 7.89. The predicted octanol–water partition coefficient (Wildman–Crippen LogP) is 1.32. The van der Waals surface area contributed by atoms with E-state index >= 15 is 0 Å². The van der Waals surface area contributed by atoms with Crippen molar-refractivity contribution in [2.45, 2.75) is 38.1 Å². The van der Waals surface area contributed by atoms with Crippen molar-refractivity contribution in [3.8, 4) is 0 Å². The molecule has 2 rings (SSSR count). The molecule has 0 spiro atoms. The van der Waals surface area contributed by atoms with Gasteiger partial charge in [0.05, 0.1) is 6.42 Å². The van der Waals surface area contributed by atoms with E-state index < -0.39 is 5.97 Å². The van der Waals surface area contributed by atoms with Crippen LogP contribution in [-0.4, -0.2) is 78.1 Å². The summed E-state index contributed by atoms with van der Waals surface area (Å²) in [5.74, 6) is -0.256. The third-order valence-electron chi connectivity index (χ3n) is 4.73. The summed E-state index contributed by atoms with van der Waals surface area (Å²) < 4.78 is 0. The Morgan fingerprint density at radius 2 is 1.86 bits per heavy atom. The van der Waals surface area contributed by atoms with E-state index in [1.807, 2.05) is 7.05 Å². The number of nitrogens with zero attached hydrogens (tertiary/aromatic N) is 3. The molecule has 0 aromatic rings. The van der Waals surface area contributed by atoms with E-state index in [0.717, 1.165) is 45.3 Å². The molecule has 1 atom stereocenters. The molecule has 2 aliphatic heterocycles. The summed E-state index contributed by atoms with van der Waals surface area (Å²) in [7, 11) is 3.97. The minimum Gasteiger partial charge on any atom is -0.481 e. The fourth-order valence-electron chi connectivity index (χ4n) is 3.43. The summed E-state index contributed by atoms with van der Waals surface area (Å²) in [4.78, 5) is 29.3. The van der Waals surface area contributed by atoms with Gasteiger partial charge in [-0.25, -0.2) is 4.79 Å². The van der Waals surface area contributed by atoms with Gasteiger partial charge in [0.2, 0.25) is 0 Å². The topological polar surface area (TPSA) is 64.1 Å². The average Bonchev–Trinajstić information content (AvgIpc) is 2.87. The van der Waals surface area contributed by atoms with Crippen molar-refractivity contribution in [1.82, 2.24) is 14.7 Å². The summed E-state index contributed by atoms with van der Waals surface area (Å²) in [5, 5.41) is 8.94. The number of rotatable bonds is 4. The van der Waals surface area contributed by atoms with Gasteiger partial charge in [0, 0.05) is 26.2 Å². The van der Waals surface area contributed by atoms with E-state index in [0.29, 0.717) is 12.5 Å². The monoisotopic (exact) mass is 297 g/mol. The Kier molecular flexibility index (Phi) is 5.45. The van der Waals surface area contributed by atoms with Crippen LogP contribution < -0.4 is 0 Å². The van der Waals surface area contributed by atoms with E-state index in [1.165, 1.54) is 0 Å². The van der Waals surface area contributed by atoms with Gasteiger partial charge in [-0.1, -0.05) is 0 Å². The molecule has 2 heterocycles. The highest BCUT2D eigenvalue weighted by atomic mass is 16.4. The largest absolute Gasteiger partial charge is 0.481 e. The molecular formula is C15H27N3O3. The van der Waals surface area contributed by atoms with Gasteiger partial charge in [-0.15, -0.1) is 0 Å². The predicted molar refractivity (Wildman–Crippen MR) is 80.2 cm³/mol. The third kappa shape index (κ3) is 4.33. The number of aliphatic carboxylic acids is 1. The maximum Gasteiger partial charge on any atom is 0.320 e. The fraction of sp³-hybridized carbons (Fsp3) is 0.867. The van der Waals surface area contributed by atoms with Crippen LogP contribution in [-0.2, 0) is 4.79 Å². The number of urea groups is 1. The van der Waals surface area contributed by atoms with Crippen molar-refractivity contribution in [2.24, 2.45) is 5.92 Å². The van der Waals surface area contributed by atoms with Crippen molar-refractivity contribution in [2.75, 3.05) is 40.3 Å². The van der Waals surface area contributed by atoms with E-state index in [9.17, 15) is 9.59 Å². The molecule has 0 aliphatic carbocycles. The second kappa shape index (κ2) is 7.11. The van der Waals surface area contributed by atoms with Crippen LogP contribution in [0.1, 0.15) is 32.1 Å². The number of carbonyl (C=O) groups is 2. The lowest BCUT2D eigenvalue weighted by atomic mass is 9.97. The SMILES string of the molecule is CN1CCC(CN(C)C(=O)N2CCCC2CC(=O)O)CC1. The molecular weight excluding hydrogens is 270 g/mol. The van der Waals surface area contributed by atoms with Gasteiger partial charge < -0.3 is 19.8 Å². The van der Waals surface area contributed by atoms with Crippen molar-refractivity contribution in [1.29, 1.82) is 0 Å². The number of hydrogen-bond donors (Lipinski definition) is 1. The summed E-state index contributed by atoms with van der Waals surface area (Å²) in [5.41, 5.74) is 0. The Labute approximate surface area is 126 Å². The summed E-state index contributed by atoms with van der Waals surface area (Å²) in [6.45, 7) is 3.66. The zero-order valence-corrected chi connectivity index (χ0v) is 13.1. The Hall–Kier alpha value is -1.30. The number of amides is 2. The molecule has 2 fully saturated rings. The Morgan fingerprint density at radius 1 is 1.19 bits per heavy atom. The Bertz CT molecular complexity index is 380. The third-order valence-corrected chi connectivity index (χ3v) is 4.73. The van der Waals surface area contributed by atoms with Gasteiger partial charge in [0.15, 0.2) is 0 Å². The van der Waals surface area contributed by atoms with Crippen molar-refractivity contribution < 1.29 is 14.7 Å². The number of hydrogen-bond acceptors (Lipinski definition) is 3. The number of piperidine rings is 1. The molecule has 6 nitrogen and oxygen atoms in total. The number of carbonyl (C=O) groups excluding carboxylic acids is 1. The van der Waals surface area contributed by atoms with Crippen LogP contribution in [0.3, 0.4) is 0 Å². The Morgan fingerprint density at radius 3 is 2.48 bits per heavy atom. The zero-order chi connectivity index (χ0) is 15.4. The molecule has 1 N–H and O–H groups in total. The van der Waals surface area contributed by atoms with Gasteiger partial charge in [0.1, 0.15) is 0 Å². The maximum atomic E-state index is 12.5. The fourth-order valence-corrected chi connectivity index (χ4v) is 3.43. The second-order valence-electron chi connectivity index (χ2n) is 6.50. The molecule has 120 valence electrons. The second-order valence-corrected chi connectivity index (χ2v) is 6.50. The Balaban J connectivity index is 1.85. The first-order valence-corrected chi connectivity index (χ1v) is 7.89.